The number of para-hydroxylation sites is 2. The van der Waals surface area contributed by atoms with Crippen molar-refractivity contribution in [3.8, 4) is 0 Å². The Morgan fingerprint density at radius 1 is 0.913 bits per heavy atom. The van der Waals surface area contributed by atoms with Gasteiger partial charge < -0.3 is 11.5 Å². The van der Waals surface area contributed by atoms with E-state index in [1.54, 1.807) is 10.5 Å². The molecule has 0 amide bonds. The van der Waals surface area contributed by atoms with Crippen molar-refractivity contribution in [2.24, 2.45) is 0 Å². The molecule has 0 aliphatic carbocycles. The molecule has 110 valence electrons. The van der Waals surface area contributed by atoms with Crippen molar-refractivity contribution in [2.45, 2.75) is 0 Å². The molecule has 0 bridgehead atoms. The Morgan fingerprint density at radius 2 is 1.61 bits per heavy atom. The highest BCUT2D eigenvalue weighted by Gasteiger charge is 2.16. The van der Waals surface area contributed by atoms with Crippen molar-refractivity contribution in [2.75, 3.05) is 11.5 Å². The molecule has 0 spiro atoms. The summed E-state index contributed by atoms with van der Waals surface area (Å²) < 4.78 is 1.64. The van der Waals surface area contributed by atoms with E-state index in [-0.39, 0.29) is 5.56 Å². The number of nitrogens with zero attached hydrogens (tertiary/aromatic N) is 2. The van der Waals surface area contributed by atoms with Crippen LogP contribution in [0.5, 0.6) is 0 Å². The van der Waals surface area contributed by atoms with Crippen LogP contribution in [0.15, 0.2) is 53.3 Å². The van der Waals surface area contributed by atoms with Crippen molar-refractivity contribution in [3.05, 3.63) is 58.9 Å². The maximum atomic E-state index is 13.0. The molecular weight excluding hydrogens is 288 g/mol. The number of imidazole rings is 1. The summed E-state index contributed by atoms with van der Waals surface area (Å²) in [6.07, 6.45) is 0. The van der Waals surface area contributed by atoms with Gasteiger partial charge in [-0.2, -0.15) is 0 Å². The van der Waals surface area contributed by atoms with E-state index >= 15 is 0 Å². The molecule has 4 N–H and O–H groups in total. The predicted octanol–water partition coefficient (Wildman–Crippen LogP) is 2.76. The molecule has 5 heteroatoms. The highest BCUT2D eigenvalue weighted by molar-refractivity contribution is 6.17. The van der Waals surface area contributed by atoms with E-state index in [9.17, 15) is 4.79 Å². The number of nitrogen functional groups attached to an aromatic ring is 2. The minimum Gasteiger partial charge on any atom is -0.399 e. The van der Waals surface area contributed by atoms with Gasteiger partial charge in [0.2, 0.25) is 0 Å². The zero-order chi connectivity index (χ0) is 15.7. The van der Waals surface area contributed by atoms with Gasteiger partial charge in [0.15, 0.2) is 0 Å². The monoisotopic (exact) mass is 300 g/mol. The molecule has 0 unspecified atom stereocenters. The van der Waals surface area contributed by atoms with Gasteiger partial charge in [0.25, 0.3) is 5.56 Å². The van der Waals surface area contributed by atoms with Crippen LogP contribution in [0.25, 0.3) is 38.2 Å². The lowest BCUT2D eigenvalue weighted by Crippen LogP contribution is -2.13. The number of hydrogen-bond acceptors (Lipinski definition) is 4. The van der Waals surface area contributed by atoms with Crippen LogP contribution in [0.2, 0.25) is 0 Å². The first-order valence-electron chi connectivity index (χ1n) is 7.29. The number of hydrogen-bond donors (Lipinski definition) is 2. The zero-order valence-corrected chi connectivity index (χ0v) is 12.1. The lowest BCUT2D eigenvalue weighted by atomic mass is 10.0. The summed E-state index contributed by atoms with van der Waals surface area (Å²) in [5, 5.41) is 3.18. The minimum absolute atomic E-state index is 0.108. The summed E-state index contributed by atoms with van der Waals surface area (Å²) in [6.45, 7) is 0. The van der Waals surface area contributed by atoms with E-state index in [0.717, 1.165) is 27.2 Å². The van der Waals surface area contributed by atoms with Crippen LogP contribution in [-0.4, -0.2) is 9.38 Å². The predicted molar refractivity (Wildman–Crippen MR) is 94.0 cm³/mol. The molecule has 2 heterocycles. The highest BCUT2D eigenvalue weighted by atomic mass is 16.1. The fraction of sp³-hybridized carbons (Fsp3) is 0. The van der Waals surface area contributed by atoms with Crippen LogP contribution in [0.3, 0.4) is 0 Å². The van der Waals surface area contributed by atoms with Crippen molar-refractivity contribution in [1.29, 1.82) is 0 Å². The minimum atomic E-state index is -0.108. The average Bonchev–Trinajstić information content (AvgIpc) is 2.91. The van der Waals surface area contributed by atoms with Gasteiger partial charge in [0.1, 0.15) is 5.65 Å². The topological polar surface area (TPSA) is 86.4 Å². The maximum Gasteiger partial charge on any atom is 0.264 e. The maximum absolute atomic E-state index is 13.0. The van der Waals surface area contributed by atoms with Gasteiger partial charge in [-0.25, -0.2) is 4.98 Å². The summed E-state index contributed by atoms with van der Waals surface area (Å²) in [5.74, 6) is 0. The number of pyridine rings is 1. The van der Waals surface area contributed by atoms with E-state index in [1.165, 1.54) is 0 Å². The molecule has 0 saturated heterocycles. The number of anilines is 2. The Balaban J connectivity index is 2.25. The molecule has 0 aliphatic rings. The molecule has 3 aromatic carbocycles. The number of nitrogens with two attached hydrogens (primary N) is 2. The largest absolute Gasteiger partial charge is 0.399 e. The molecule has 0 saturated carbocycles. The lowest BCUT2D eigenvalue weighted by Gasteiger charge is -2.09. The number of rotatable bonds is 0. The van der Waals surface area contributed by atoms with Gasteiger partial charge in [-0.15, -0.1) is 0 Å². The molecule has 5 aromatic rings. The van der Waals surface area contributed by atoms with E-state index in [4.69, 9.17) is 11.5 Å². The summed E-state index contributed by atoms with van der Waals surface area (Å²) in [4.78, 5) is 17.7. The van der Waals surface area contributed by atoms with Crippen LogP contribution in [-0.2, 0) is 0 Å². The quantitative estimate of drug-likeness (QED) is 0.430. The van der Waals surface area contributed by atoms with E-state index < -0.39 is 0 Å². The van der Waals surface area contributed by atoms with E-state index in [2.05, 4.69) is 4.98 Å². The Kier molecular flexibility index (Phi) is 2.07. The second-order valence-electron chi connectivity index (χ2n) is 5.80. The van der Waals surface area contributed by atoms with E-state index in [1.807, 2.05) is 42.5 Å². The van der Waals surface area contributed by atoms with Crippen LogP contribution in [0, 0.1) is 0 Å². The molecule has 23 heavy (non-hydrogen) atoms. The number of benzene rings is 3. The normalized spacial score (nSPS) is 12.0. The fourth-order valence-electron chi connectivity index (χ4n) is 3.44. The van der Waals surface area contributed by atoms with Gasteiger partial charge in [0.05, 0.1) is 16.4 Å². The summed E-state index contributed by atoms with van der Waals surface area (Å²) in [6, 6.07) is 14.9. The third kappa shape index (κ3) is 1.46. The molecule has 0 radical (unpaired) electrons. The Labute approximate surface area is 130 Å². The molecular formula is C18H12N4O. The van der Waals surface area contributed by atoms with Crippen molar-refractivity contribution >= 4 is 49.6 Å². The third-order valence-corrected chi connectivity index (χ3v) is 4.33. The van der Waals surface area contributed by atoms with Gasteiger partial charge in [-0.1, -0.05) is 12.1 Å². The smallest absolute Gasteiger partial charge is 0.264 e. The summed E-state index contributed by atoms with van der Waals surface area (Å²) in [5.41, 5.74) is 15.3. The zero-order valence-electron chi connectivity index (χ0n) is 12.1. The molecule has 0 fully saturated rings. The first-order valence-corrected chi connectivity index (χ1v) is 7.29. The van der Waals surface area contributed by atoms with Crippen molar-refractivity contribution in [1.82, 2.24) is 9.38 Å². The Hall–Kier alpha value is -3.34. The second-order valence-corrected chi connectivity index (χ2v) is 5.80. The first-order chi connectivity index (χ1) is 11.1. The summed E-state index contributed by atoms with van der Waals surface area (Å²) in [7, 11) is 0. The highest BCUT2D eigenvalue weighted by Crippen LogP contribution is 2.32. The molecule has 0 aliphatic heterocycles. The van der Waals surface area contributed by atoms with Crippen LogP contribution < -0.4 is 17.0 Å². The standard InChI is InChI=1S/C18H12N4O/c19-10-5-9-6-11(20)8-13-16(9)12(7-10)17-21-14-3-1-2-4-15(14)22(17)18(13)23/h1-8H,19-20H2. The van der Waals surface area contributed by atoms with Gasteiger partial charge in [-0.05, 0) is 41.8 Å². The van der Waals surface area contributed by atoms with Gasteiger partial charge >= 0.3 is 0 Å². The molecule has 0 atom stereocenters. The second kappa shape index (κ2) is 3.89. The number of fused-ring (bicyclic) bond motifs is 4. The fourth-order valence-corrected chi connectivity index (χ4v) is 3.44. The Bertz CT molecular complexity index is 1300. The third-order valence-electron chi connectivity index (χ3n) is 4.33. The first kappa shape index (κ1) is 12.2. The summed E-state index contributed by atoms with van der Waals surface area (Å²) >= 11 is 0. The van der Waals surface area contributed by atoms with Crippen molar-refractivity contribution < 1.29 is 0 Å². The van der Waals surface area contributed by atoms with Crippen LogP contribution >= 0.6 is 0 Å². The van der Waals surface area contributed by atoms with Crippen molar-refractivity contribution in [3.63, 3.8) is 0 Å². The number of aromatic nitrogens is 2. The Morgan fingerprint density at radius 3 is 2.39 bits per heavy atom. The molecule has 2 aromatic heterocycles. The average molecular weight is 300 g/mol. The molecule has 5 nitrogen and oxygen atoms in total. The van der Waals surface area contributed by atoms with Crippen LogP contribution in [0.4, 0.5) is 11.4 Å². The SMILES string of the molecule is Nc1cc2cc(N)cc3c2c(c1)c(=O)n1c2ccccc2nc31. The van der Waals surface area contributed by atoms with Crippen LogP contribution in [0.1, 0.15) is 0 Å². The van der Waals surface area contributed by atoms with Gasteiger partial charge in [0, 0.05) is 22.1 Å². The molecule has 5 rings (SSSR count). The van der Waals surface area contributed by atoms with E-state index in [0.29, 0.717) is 22.4 Å². The van der Waals surface area contributed by atoms with Gasteiger partial charge in [-0.3, -0.25) is 9.20 Å². The lowest BCUT2D eigenvalue weighted by molar-refractivity contribution is 1.19.